The maximum Gasteiger partial charge on any atom is 0.337 e. The Morgan fingerprint density at radius 1 is 1.25 bits per heavy atom. The minimum absolute atomic E-state index is 0.0401. The van der Waals surface area contributed by atoms with Gasteiger partial charge in [0.2, 0.25) is 0 Å². The summed E-state index contributed by atoms with van der Waals surface area (Å²) < 4.78 is 4.73. The number of rotatable bonds is 10. The summed E-state index contributed by atoms with van der Waals surface area (Å²) in [4.78, 5) is 24.1. The van der Waals surface area contributed by atoms with E-state index in [0.717, 1.165) is 24.8 Å². The first-order valence-electron chi connectivity index (χ1n) is 12.0. The third-order valence-corrected chi connectivity index (χ3v) is 7.44. The number of hydrogen-bond acceptors (Lipinski definition) is 5. The second kappa shape index (κ2) is 10.8. The van der Waals surface area contributed by atoms with Gasteiger partial charge >= 0.3 is 5.97 Å². The topological polar surface area (TPSA) is 83.8 Å². The molecule has 5 nitrogen and oxygen atoms in total. The quantitative estimate of drug-likeness (QED) is 0.412. The maximum atomic E-state index is 12.5. The maximum absolute atomic E-state index is 12.5. The summed E-state index contributed by atoms with van der Waals surface area (Å²) in [5.41, 5.74) is 1.59. The Labute approximate surface area is 191 Å². The highest BCUT2D eigenvalue weighted by molar-refractivity contribution is 5.89. The first-order valence-corrected chi connectivity index (χ1v) is 12.0. The molecule has 0 aromatic heterocycles. The highest BCUT2D eigenvalue weighted by atomic mass is 16.5. The van der Waals surface area contributed by atoms with E-state index in [4.69, 9.17) is 4.74 Å². The summed E-state index contributed by atoms with van der Waals surface area (Å²) in [5.74, 6) is -0.114. The van der Waals surface area contributed by atoms with Gasteiger partial charge in [-0.25, -0.2) is 4.79 Å². The van der Waals surface area contributed by atoms with Crippen molar-refractivity contribution in [2.45, 2.75) is 77.4 Å². The number of aryl methyl sites for hydroxylation is 1. The van der Waals surface area contributed by atoms with Crippen molar-refractivity contribution in [2.75, 3.05) is 7.11 Å². The number of carbonyl (C=O) groups excluding carboxylic acids is 2. The van der Waals surface area contributed by atoms with Crippen LogP contribution in [-0.2, 0) is 16.0 Å². The molecule has 5 heteroatoms. The smallest absolute Gasteiger partial charge is 0.337 e. The summed E-state index contributed by atoms with van der Waals surface area (Å²) in [6.45, 7) is 4.41. The van der Waals surface area contributed by atoms with Gasteiger partial charge in [0, 0.05) is 18.3 Å². The molecule has 176 valence electrons. The normalized spacial score (nSPS) is 25.8. The lowest BCUT2D eigenvalue weighted by Gasteiger charge is -2.46. The number of Topliss-reactive ketones (excluding diaryl/α,β-unsaturated/α-hetero) is 1. The van der Waals surface area contributed by atoms with Crippen molar-refractivity contribution in [3.05, 3.63) is 47.5 Å². The zero-order valence-electron chi connectivity index (χ0n) is 19.6. The number of ether oxygens (including phenoxy) is 1. The molecule has 0 spiro atoms. The lowest BCUT2D eigenvalue weighted by atomic mass is 9.60. The zero-order valence-corrected chi connectivity index (χ0v) is 19.6. The molecule has 2 fully saturated rings. The fraction of sp³-hybridized carbons (Fsp3) is 0.630. The van der Waals surface area contributed by atoms with Gasteiger partial charge in [-0.3, -0.25) is 4.79 Å². The summed E-state index contributed by atoms with van der Waals surface area (Å²) in [6.07, 6.45) is 9.46. The number of esters is 1. The van der Waals surface area contributed by atoms with Crippen LogP contribution in [0.5, 0.6) is 0 Å². The Kier molecular flexibility index (Phi) is 8.29. The molecule has 32 heavy (non-hydrogen) atoms. The molecule has 0 aliphatic heterocycles. The molecule has 2 saturated carbocycles. The Bertz CT molecular complexity index is 806. The van der Waals surface area contributed by atoms with Crippen molar-refractivity contribution in [3.8, 4) is 0 Å². The van der Waals surface area contributed by atoms with E-state index in [-0.39, 0.29) is 41.5 Å². The Morgan fingerprint density at radius 2 is 1.94 bits per heavy atom. The molecule has 1 aromatic carbocycles. The molecule has 0 amide bonds. The Morgan fingerprint density at radius 3 is 2.50 bits per heavy atom. The second-order valence-corrected chi connectivity index (χ2v) is 10.1. The van der Waals surface area contributed by atoms with Crippen LogP contribution < -0.4 is 0 Å². The third-order valence-electron chi connectivity index (χ3n) is 7.44. The molecule has 2 aliphatic rings. The average molecular weight is 443 g/mol. The first-order chi connectivity index (χ1) is 15.3. The van der Waals surface area contributed by atoms with Crippen molar-refractivity contribution in [2.24, 2.45) is 23.2 Å². The van der Waals surface area contributed by atoms with Gasteiger partial charge in [-0.15, -0.1) is 0 Å². The van der Waals surface area contributed by atoms with Crippen molar-refractivity contribution in [1.29, 1.82) is 0 Å². The number of hydrogen-bond donors (Lipinski definition) is 2. The number of methoxy groups -OCH3 is 1. The molecular weight excluding hydrogens is 404 g/mol. The van der Waals surface area contributed by atoms with E-state index in [2.05, 4.69) is 13.8 Å². The molecule has 3 rings (SSSR count). The lowest BCUT2D eigenvalue weighted by Crippen LogP contribution is -2.42. The standard InChI is InChI=1S/C27H38O5/c1-18(2)17-27(14-5-15-27)25(30)7-4-6-21-22(24(29)16-23(21)28)13-10-19-8-11-20(12-9-19)26(31)32-3/h4,6,8-9,11-12,18,21-23,25,28,30H,5,7,10,13-17H2,1-3H3/b6-4+/t21-,22-,23-,25?/m1/s1. The molecule has 1 unspecified atom stereocenters. The molecule has 0 bridgehead atoms. The van der Waals surface area contributed by atoms with Gasteiger partial charge in [0.15, 0.2) is 0 Å². The molecule has 0 radical (unpaired) electrons. The Balaban J connectivity index is 1.58. The highest BCUT2D eigenvalue weighted by Gasteiger charge is 2.43. The van der Waals surface area contributed by atoms with Crippen molar-refractivity contribution in [1.82, 2.24) is 0 Å². The molecule has 2 N–H and O–H groups in total. The van der Waals surface area contributed by atoms with E-state index >= 15 is 0 Å². The van der Waals surface area contributed by atoms with E-state index in [1.165, 1.54) is 13.5 Å². The Hall–Kier alpha value is -1.98. The number of ketones is 1. The average Bonchev–Trinajstić information content (AvgIpc) is 3.01. The van der Waals surface area contributed by atoms with Gasteiger partial charge in [0.1, 0.15) is 5.78 Å². The number of aliphatic hydroxyl groups is 2. The minimum Gasteiger partial charge on any atom is -0.465 e. The fourth-order valence-corrected chi connectivity index (χ4v) is 5.57. The van der Waals surface area contributed by atoms with E-state index in [1.54, 1.807) is 12.1 Å². The van der Waals surface area contributed by atoms with E-state index in [1.807, 2.05) is 24.3 Å². The predicted molar refractivity (Wildman–Crippen MR) is 124 cm³/mol. The lowest BCUT2D eigenvalue weighted by molar-refractivity contribution is -0.121. The van der Waals surface area contributed by atoms with Gasteiger partial charge in [-0.2, -0.15) is 0 Å². The van der Waals surface area contributed by atoms with Crippen LogP contribution in [-0.4, -0.2) is 41.3 Å². The molecule has 1 aromatic rings. The van der Waals surface area contributed by atoms with Crippen molar-refractivity contribution < 1.29 is 24.5 Å². The van der Waals surface area contributed by atoms with Gasteiger partial charge in [0.05, 0.1) is 24.9 Å². The summed E-state index contributed by atoms with van der Waals surface area (Å²) in [7, 11) is 1.36. The van der Waals surface area contributed by atoms with Crippen molar-refractivity contribution in [3.63, 3.8) is 0 Å². The monoisotopic (exact) mass is 442 g/mol. The van der Waals surface area contributed by atoms with Crippen LogP contribution in [0.15, 0.2) is 36.4 Å². The highest BCUT2D eigenvalue weighted by Crippen LogP contribution is 2.49. The number of carbonyl (C=O) groups is 2. The van der Waals surface area contributed by atoms with Crippen LogP contribution in [0.25, 0.3) is 0 Å². The van der Waals surface area contributed by atoms with Crippen LogP contribution in [0.3, 0.4) is 0 Å². The molecule has 0 heterocycles. The summed E-state index contributed by atoms with van der Waals surface area (Å²) >= 11 is 0. The van der Waals surface area contributed by atoms with Crippen LogP contribution in [0.2, 0.25) is 0 Å². The van der Waals surface area contributed by atoms with Crippen LogP contribution in [0.4, 0.5) is 0 Å². The van der Waals surface area contributed by atoms with E-state index in [0.29, 0.717) is 30.7 Å². The fourth-order valence-electron chi connectivity index (χ4n) is 5.57. The van der Waals surface area contributed by atoms with Crippen LogP contribution >= 0.6 is 0 Å². The molecular formula is C27H38O5. The second-order valence-electron chi connectivity index (χ2n) is 10.1. The molecule has 2 aliphatic carbocycles. The van der Waals surface area contributed by atoms with Gasteiger partial charge in [-0.05, 0) is 67.6 Å². The van der Waals surface area contributed by atoms with Crippen LogP contribution in [0, 0.1) is 23.2 Å². The minimum atomic E-state index is -0.657. The number of aliphatic hydroxyl groups excluding tert-OH is 2. The van der Waals surface area contributed by atoms with E-state index < -0.39 is 6.10 Å². The number of benzene rings is 1. The molecule has 4 atom stereocenters. The van der Waals surface area contributed by atoms with Gasteiger partial charge in [0.25, 0.3) is 0 Å². The van der Waals surface area contributed by atoms with Crippen LogP contribution in [0.1, 0.15) is 74.7 Å². The van der Waals surface area contributed by atoms with Gasteiger partial charge < -0.3 is 14.9 Å². The summed E-state index contributed by atoms with van der Waals surface area (Å²) in [6, 6.07) is 7.24. The van der Waals surface area contributed by atoms with Gasteiger partial charge in [-0.1, -0.05) is 44.6 Å². The predicted octanol–water partition coefficient (Wildman–Crippen LogP) is 4.50. The first kappa shape index (κ1) is 24.7. The van der Waals surface area contributed by atoms with Crippen molar-refractivity contribution >= 4 is 11.8 Å². The third kappa shape index (κ3) is 5.68. The zero-order chi connectivity index (χ0) is 23.3. The van der Waals surface area contributed by atoms with E-state index in [9.17, 15) is 19.8 Å². The largest absolute Gasteiger partial charge is 0.465 e. The molecule has 0 saturated heterocycles. The summed E-state index contributed by atoms with van der Waals surface area (Å²) in [5, 5.41) is 21.3. The SMILES string of the molecule is COC(=O)c1ccc(CC[C@H]2C(=O)C[C@@H](O)[C@@H]2/C=C/CC(O)C2(CC(C)C)CCC2)cc1.